The summed E-state index contributed by atoms with van der Waals surface area (Å²) in [4.78, 5) is 25.0. The summed E-state index contributed by atoms with van der Waals surface area (Å²) in [5.41, 5.74) is 2.07. The first-order chi connectivity index (χ1) is 11.6. The number of hydrogen-bond acceptors (Lipinski definition) is 6. The van der Waals surface area contributed by atoms with Crippen LogP contribution in [-0.4, -0.2) is 56.3 Å². The predicted octanol–water partition coefficient (Wildman–Crippen LogP) is 1.63. The van der Waals surface area contributed by atoms with Crippen molar-refractivity contribution in [1.82, 2.24) is 9.97 Å². The van der Waals surface area contributed by atoms with Crippen molar-refractivity contribution in [1.29, 1.82) is 0 Å². The van der Waals surface area contributed by atoms with Crippen LogP contribution in [0.2, 0.25) is 0 Å². The molecule has 3 heterocycles. The fourth-order valence-corrected chi connectivity index (χ4v) is 2.50. The van der Waals surface area contributed by atoms with Crippen molar-refractivity contribution in [3.8, 4) is 0 Å². The molecule has 1 N–H and O–H groups in total. The Kier molecular flexibility index (Phi) is 4.90. The molecule has 24 heavy (non-hydrogen) atoms. The number of pyridine rings is 2. The zero-order valence-electron chi connectivity index (χ0n) is 13.9. The molecule has 0 atom stereocenters. The van der Waals surface area contributed by atoms with Crippen molar-refractivity contribution in [2.24, 2.45) is 0 Å². The van der Waals surface area contributed by atoms with E-state index in [2.05, 4.69) is 20.2 Å². The predicted molar refractivity (Wildman–Crippen MR) is 93.8 cm³/mol. The van der Waals surface area contributed by atoms with Gasteiger partial charge >= 0.3 is 0 Å². The van der Waals surface area contributed by atoms with Gasteiger partial charge in [-0.2, -0.15) is 0 Å². The lowest BCUT2D eigenvalue weighted by Gasteiger charge is -2.28. The highest BCUT2D eigenvalue weighted by Crippen LogP contribution is 2.18. The van der Waals surface area contributed by atoms with Gasteiger partial charge in [0.05, 0.1) is 13.2 Å². The lowest BCUT2D eigenvalue weighted by molar-refractivity contribution is 0.102. The summed E-state index contributed by atoms with van der Waals surface area (Å²) in [5, 5.41) is 2.87. The quantitative estimate of drug-likeness (QED) is 0.920. The van der Waals surface area contributed by atoms with Gasteiger partial charge in [-0.25, -0.2) is 4.98 Å². The molecule has 0 unspecified atom stereocenters. The number of morpholine rings is 1. The number of hydrogen-bond donors (Lipinski definition) is 1. The van der Waals surface area contributed by atoms with E-state index in [4.69, 9.17) is 4.74 Å². The van der Waals surface area contributed by atoms with Gasteiger partial charge in [0, 0.05) is 57.0 Å². The molecule has 7 nitrogen and oxygen atoms in total. The van der Waals surface area contributed by atoms with E-state index < -0.39 is 0 Å². The Morgan fingerprint density at radius 1 is 1.17 bits per heavy atom. The third-order valence-corrected chi connectivity index (χ3v) is 3.81. The number of amides is 1. The third-order valence-electron chi connectivity index (χ3n) is 3.81. The summed E-state index contributed by atoms with van der Waals surface area (Å²) < 4.78 is 5.36. The number of anilines is 3. The van der Waals surface area contributed by atoms with Gasteiger partial charge in [0.15, 0.2) is 0 Å². The molecular formula is C17H21N5O2. The Morgan fingerprint density at radius 3 is 2.67 bits per heavy atom. The van der Waals surface area contributed by atoms with Crippen LogP contribution < -0.4 is 15.1 Å². The van der Waals surface area contributed by atoms with Crippen molar-refractivity contribution in [3.63, 3.8) is 0 Å². The second-order valence-corrected chi connectivity index (χ2v) is 5.75. The molecule has 7 heteroatoms. The number of aromatic nitrogens is 2. The first-order valence-electron chi connectivity index (χ1n) is 7.87. The number of carbonyl (C=O) groups is 1. The lowest BCUT2D eigenvalue weighted by atomic mass is 10.2. The van der Waals surface area contributed by atoms with Gasteiger partial charge in [-0.15, -0.1) is 0 Å². The normalized spacial score (nSPS) is 14.3. The summed E-state index contributed by atoms with van der Waals surface area (Å²) in [6.07, 6.45) is 3.33. The van der Waals surface area contributed by atoms with Crippen molar-refractivity contribution in [2.45, 2.75) is 0 Å². The molecule has 0 radical (unpaired) electrons. The third kappa shape index (κ3) is 3.80. The molecule has 126 valence electrons. The van der Waals surface area contributed by atoms with E-state index >= 15 is 0 Å². The lowest BCUT2D eigenvalue weighted by Crippen LogP contribution is -2.36. The first-order valence-corrected chi connectivity index (χ1v) is 7.87. The van der Waals surface area contributed by atoms with Gasteiger partial charge in [0.25, 0.3) is 5.91 Å². The second kappa shape index (κ2) is 7.27. The number of nitrogens with one attached hydrogen (secondary N) is 1. The van der Waals surface area contributed by atoms with E-state index in [1.807, 2.05) is 37.2 Å². The maximum absolute atomic E-state index is 12.5. The van der Waals surface area contributed by atoms with E-state index in [9.17, 15) is 4.79 Å². The molecule has 0 saturated carbocycles. The molecule has 0 aromatic carbocycles. The fourth-order valence-electron chi connectivity index (χ4n) is 2.50. The van der Waals surface area contributed by atoms with Crippen LogP contribution in [0.15, 0.2) is 36.7 Å². The largest absolute Gasteiger partial charge is 0.378 e. The Bertz CT molecular complexity index is 714. The van der Waals surface area contributed by atoms with E-state index in [1.165, 1.54) is 0 Å². The average molecular weight is 327 g/mol. The highest BCUT2D eigenvalue weighted by molar-refractivity contribution is 6.03. The molecule has 1 aliphatic rings. The molecule has 0 bridgehead atoms. The van der Waals surface area contributed by atoms with Crippen LogP contribution in [0, 0.1) is 0 Å². The number of ether oxygens (including phenoxy) is 1. The molecule has 1 saturated heterocycles. The Morgan fingerprint density at radius 2 is 1.92 bits per heavy atom. The van der Waals surface area contributed by atoms with Crippen molar-refractivity contribution >= 4 is 23.1 Å². The van der Waals surface area contributed by atoms with E-state index in [1.54, 1.807) is 18.5 Å². The van der Waals surface area contributed by atoms with Gasteiger partial charge in [-0.05, 0) is 18.2 Å². The summed E-state index contributed by atoms with van der Waals surface area (Å²) in [5.74, 6) is 0.545. The molecule has 1 fully saturated rings. The van der Waals surface area contributed by atoms with Crippen molar-refractivity contribution in [2.75, 3.05) is 55.5 Å². The van der Waals surface area contributed by atoms with Crippen LogP contribution in [0.1, 0.15) is 10.5 Å². The summed E-state index contributed by atoms with van der Waals surface area (Å²) in [7, 11) is 3.81. The molecule has 1 aliphatic heterocycles. The van der Waals surface area contributed by atoms with Gasteiger partial charge in [0.2, 0.25) is 0 Å². The molecule has 1 amide bonds. The fraction of sp³-hybridized carbons (Fsp3) is 0.353. The molecule has 0 aliphatic carbocycles. The number of nitrogens with zero attached hydrogens (tertiary/aromatic N) is 4. The molecule has 2 aromatic rings. The summed E-state index contributed by atoms with van der Waals surface area (Å²) in [6.45, 7) is 3.05. The Hall–Kier alpha value is -2.67. The van der Waals surface area contributed by atoms with E-state index in [0.717, 1.165) is 24.6 Å². The molecular weight excluding hydrogens is 306 g/mol. The number of rotatable bonds is 4. The number of carbonyl (C=O) groups excluding carboxylic acids is 1. The standard InChI is InChI=1S/C17H21N5O2/c1-21(2)16-11-13(3-5-19-16)20-17(23)15-12-14(4-6-18-15)22-7-9-24-10-8-22/h3-6,11-12H,7-10H2,1-2H3,(H,19,20,23). The first kappa shape index (κ1) is 16.2. The van der Waals surface area contributed by atoms with Crippen molar-refractivity contribution < 1.29 is 9.53 Å². The summed E-state index contributed by atoms with van der Waals surface area (Å²) >= 11 is 0. The topological polar surface area (TPSA) is 70.6 Å². The van der Waals surface area contributed by atoms with Crippen LogP contribution in [0.3, 0.4) is 0 Å². The van der Waals surface area contributed by atoms with Crippen LogP contribution in [0.25, 0.3) is 0 Å². The minimum absolute atomic E-state index is 0.235. The van der Waals surface area contributed by atoms with Gasteiger partial charge in [-0.1, -0.05) is 0 Å². The Balaban J connectivity index is 1.74. The minimum Gasteiger partial charge on any atom is -0.378 e. The minimum atomic E-state index is -0.235. The highest BCUT2D eigenvalue weighted by atomic mass is 16.5. The molecule has 2 aromatic heterocycles. The SMILES string of the molecule is CN(C)c1cc(NC(=O)c2cc(N3CCOCC3)ccn2)ccn1. The molecule has 0 spiro atoms. The van der Waals surface area contributed by atoms with Crippen LogP contribution in [-0.2, 0) is 4.74 Å². The van der Waals surface area contributed by atoms with E-state index in [-0.39, 0.29) is 5.91 Å². The highest BCUT2D eigenvalue weighted by Gasteiger charge is 2.14. The van der Waals surface area contributed by atoms with Gasteiger partial charge in [0.1, 0.15) is 11.5 Å². The Labute approximate surface area is 141 Å². The second-order valence-electron chi connectivity index (χ2n) is 5.75. The maximum atomic E-state index is 12.5. The maximum Gasteiger partial charge on any atom is 0.274 e. The van der Waals surface area contributed by atoms with Crippen molar-refractivity contribution in [3.05, 3.63) is 42.4 Å². The van der Waals surface area contributed by atoms with E-state index in [0.29, 0.717) is 24.6 Å². The van der Waals surface area contributed by atoms with Crippen LogP contribution in [0.5, 0.6) is 0 Å². The van der Waals surface area contributed by atoms with Gasteiger partial charge < -0.3 is 19.9 Å². The zero-order chi connectivity index (χ0) is 16.9. The van der Waals surface area contributed by atoms with Crippen LogP contribution in [0.4, 0.5) is 17.2 Å². The monoisotopic (exact) mass is 327 g/mol. The molecule has 3 rings (SSSR count). The smallest absolute Gasteiger partial charge is 0.274 e. The summed E-state index contributed by atoms with van der Waals surface area (Å²) in [6, 6.07) is 7.31. The van der Waals surface area contributed by atoms with Crippen LogP contribution >= 0.6 is 0 Å². The average Bonchev–Trinajstić information content (AvgIpc) is 2.63. The zero-order valence-corrected chi connectivity index (χ0v) is 13.9. The van der Waals surface area contributed by atoms with Gasteiger partial charge in [-0.3, -0.25) is 9.78 Å².